The molecule has 0 aromatic heterocycles. The van der Waals surface area contributed by atoms with Crippen molar-refractivity contribution >= 4 is 28.9 Å². The summed E-state index contributed by atoms with van der Waals surface area (Å²) in [5, 5.41) is 21.6. The van der Waals surface area contributed by atoms with Crippen molar-refractivity contribution in [2.75, 3.05) is 25.6 Å². The van der Waals surface area contributed by atoms with Crippen LogP contribution in [0.3, 0.4) is 0 Å². The largest absolute Gasteiger partial charge is 0.493 e. The van der Waals surface area contributed by atoms with Crippen LogP contribution in [0.15, 0.2) is 12.1 Å². The third-order valence-electron chi connectivity index (χ3n) is 2.01. The van der Waals surface area contributed by atoms with Gasteiger partial charge >= 0.3 is 0 Å². The molecule has 4 nitrogen and oxygen atoms in total. The molecule has 0 aliphatic carbocycles. The molecule has 0 atom stereocenters. The first kappa shape index (κ1) is 13.4. The minimum Gasteiger partial charge on any atom is -0.493 e. The number of nitrogens with one attached hydrogen (secondary N) is 1. The Kier molecular flexibility index (Phi) is 5.15. The summed E-state index contributed by atoms with van der Waals surface area (Å²) in [4.78, 5) is 0. The fourth-order valence-electron chi connectivity index (χ4n) is 1.24. The molecule has 1 aromatic rings. The van der Waals surface area contributed by atoms with Crippen LogP contribution < -0.4 is 10.1 Å². The molecular weight excluding hydrogens is 253 g/mol. The van der Waals surface area contributed by atoms with Crippen molar-refractivity contribution < 1.29 is 14.9 Å². The monoisotopic (exact) mass is 265 g/mol. The first-order chi connectivity index (χ1) is 7.62. The van der Waals surface area contributed by atoms with E-state index in [0.29, 0.717) is 21.5 Å². The van der Waals surface area contributed by atoms with Gasteiger partial charge in [-0.15, -0.1) is 0 Å². The van der Waals surface area contributed by atoms with Crippen molar-refractivity contribution in [3.8, 4) is 5.75 Å². The highest BCUT2D eigenvalue weighted by atomic mass is 35.5. The van der Waals surface area contributed by atoms with Crippen LogP contribution in [-0.4, -0.2) is 36.6 Å². The molecule has 0 unspecified atom stereocenters. The zero-order valence-corrected chi connectivity index (χ0v) is 10.2. The van der Waals surface area contributed by atoms with Crippen LogP contribution in [0.1, 0.15) is 0 Å². The van der Waals surface area contributed by atoms with Gasteiger partial charge in [0.25, 0.3) is 0 Å². The minimum atomic E-state index is -0.483. The molecule has 0 aliphatic rings. The third-order valence-corrected chi connectivity index (χ3v) is 2.51. The minimum absolute atomic E-state index is 0.205. The Hall–Kier alpha value is -0.680. The lowest BCUT2D eigenvalue weighted by molar-refractivity contribution is 0.203. The summed E-state index contributed by atoms with van der Waals surface area (Å²) in [5.41, 5.74) is 0.535. The summed E-state index contributed by atoms with van der Waals surface area (Å²) < 4.78 is 5.10. The smallest absolute Gasteiger partial charge is 0.160 e. The molecule has 90 valence electrons. The quantitative estimate of drug-likeness (QED) is 0.760. The summed E-state index contributed by atoms with van der Waals surface area (Å²) in [5.74, 6) is 0.429. The number of methoxy groups -OCH3 is 1. The van der Waals surface area contributed by atoms with Crippen molar-refractivity contribution in [3.05, 3.63) is 22.2 Å². The van der Waals surface area contributed by atoms with Crippen LogP contribution in [0, 0.1) is 0 Å². The Morgan fingerprint density at radius 3 is 2.44 bits per heavy atom. The second-order valence-corrected chi connectivity index (χ2v) is 4.02. The lowest BCUT2D eigenvalue weighted by atomic mass is 10.2. The maximum atomic E-state index is 8.96. The molecule has 0 fully saturated rings. The van der Waals surface area contributed by atoms with Crippen LogP contribution in [0.25, 0.3) is 0 Å². The van der Waals surface area contributed by atoms with E-state index in [-0.39, 0.29) is 13.2 Å². The molecule has 0 heterocycles. The molecule has 16 heavy (non-hydrogen) atoms. The fraction of sp³-hybridized carbons (Fsp3) is 0.400. The van der Waals surface area contributed by atoms with Gasteiger partial charge in [-0.25, -0.2) is 0 Å². The number of anilines is 1. The summed E-state index contributed by atoms with van der Waals surface area (Å²) in [6, 6.07) is 2.69. The van der Waals surface area contributed by atoms with E-state index in [1.54, 1.807) is 12.1 Å². The standard InChI is InChI=1S/C10H13Cl2NO3/c1-16-10-8(12)2-6(11)3-9(10)13-7(4-14)5-15/h2-3,7,13-15H,4-5H2,1H3. The van der Waals surface area contributed by atoms with Gasteiger partial charge in [0.1, 0.15) is 0 Å². The van der Waals surface area contributed by atoms with Gasteiger partial charge in [0.15, 0.2) is 5.75 Å². The third kappa shape index (κ3) is 3.15. The number of ether oxygens (including phenoxy) is 1. The Morgan fingerprint density at radius 2 is 1.94 bits per heavy atom. The van der Waals surface area contributed by atoms with Gasteiger partial charge in [-0.1, -0.05) is 23.2 Å². The maximum absolute atomic E-state index is 8.96. The van der Waals surface area contributed by atoms with Crippen molar-refractivity contribution in [1.29, 1.82) is 0 Å². The van der Waals surface area contributed by atoms with Gasteiger partial charge in [-0.2, -0.15) is 0 Å². The van der Waals surface area contributed by atoms with E-state index in [1.807, 2.05) is 0 Å². The molecule has 0 radical (unpaired) electrons. The lowest BCUT2D eigenvalue weighted by Crippen LogP contribution is -2.27. The number of hydrogen-bond donors (Lipinski definition) is 3. The predicted octanol–water partition coefficient (Wildman–Crippen LogP) is 1.77. The second-order valence-electron chi connectivity index (χ2n) is 3.17. The highest BCUT2D eigenvalue weighted by molar-refractivity contribution is 6.36. The Balaban J connectivity index is 3.01. The molecule has 0 saturated carbocycles. The molecule has 3 N–H and O–H groups in total. The highest BCUT2D eigenvalue weighted by Crippen LogP contribution is 2.36. The summed E-state index contributed by atoms with van der Waals surface area (Å²) in [6.45, 7) is -0.409. The molecular formula is C10H13Cl2NO3. The molecule has 0 aliphatic heterocycles. The van der Waals surface area contributed by atoms with Gasteiger partial charge in [0.2, 0.25) is 0 Å². The van der Waals surface area contributed by atoms with Gasteiger partial charge in [0.05, 0.1) is 37.1 Å². The van der Waals surface area contributed by atoms with E-state index in [1.165, 1.54) is 7.11 Å². The maximum Gasteiger partial charge on any atom is 0.160 e. The van der Waals surface area contributed by atoms with Gasteiger partial charge < -0.3 is 20.3 Å². The van der Waals surface area contributed by atoms with Gasteiger partial charge in [-0.3, -0.25) is 0 Å². The lowest BCUT2D eigenvalue weighted by Gasteiger charge is -2.18. The normalized spacial score (nSPS) is 10.6. The SMILES string of the molecule is COc1c(Cl)cc(Cl)cc1NC(CO)CO. The number of halogens is 2. The van der Waals surface area contributed by atoms with Crippen LogP contribution in [-0.2, 0) is 0 Å². The van der Waals surface area contributed by atoms with E-state index in [4.69, 9.17) is 38.2 Å². The van der Waals surface area contributed by atoms with Crippen LogP contribution in [0.4, 0.5) is 5.69 Å². The average molecular weight is 266 g/mol. The Labute approximate surface area is 104 Å². The molecule has 0 spiro atoms. The fourth-order valence-corrected chi connectivity index (χ4v) is 1.81. The van der Waals surface area contributed by atoms with Crippen molar-refractivity contribution in [1.82, 2.24) is 0 Å². The number of aliphatic hydroxyl groups excluding tert-OH is 2. The van der Waals surface area contributed by atoms with Crippen LogP contribution in [0.2, 0.25) is 10.0 Å². The Bertz CT molecular complexity index is 356. The molecule has 1 rings (SSSR count). The zero-order valence-electron chi connectivity index (χ0n) is 8.70. The van der Waals surface area contributed by atoms with E-state index in [9.17, 15) is 0 Å². The first-order valence-corrected chi connectivity index (χ1v) is 5.39. The summed E-state index contributed by atoms with van der Waals surface area (Å²) in [7, 11) is 1.48. The second kappa shape index (κ2) is 6.15. The van der Waals surface area contributed by atoms with Gasteiger partial charge in [0, 0.05) is 5.02 Å². The number of rotatable bonds is 5. The van der Waals surface area contributed by atoms with E-state index in [0.717, 1.165) is 0 Å². The van der Waals surface area contributed by atoms with E-state index in [2.05, 4.69) is 5.32 Å². The van der Waals surface area contributed by atoms with E-state index < -0.39 is 6.04 Å². The van der Waals surface area contributed by atoms with Crippen molar-refractivity contribution in [2.24, 2.45) is 0 Å². The zero-order chi connectivity index (χ0) is 12.1. The summed E-state index contributed by atoms with van der Waals surface area (Å²) in [6.07, 6.45) is 0. The molecule has 6 heteroatoms. The Morgan fingerprint density at radius 1 is 1.31 bits per heavy atom. The van der Waals surface area contributed by atoms with Gasteiger partial charge in [-0.05, 0) is 12.1 Å². The van der Waals surface area contributed by atoms with Crippen molar-refractivity contribution in [2.45, 2.75) is 6.04 Å². The number of aliphatic hydroxyl groups is 2. The topological polar surface area (TPSA) is 61.7 Å². The van der Waals surface area contributed by atoms with Crippen molar-refractivity contribution in [3.63, 3.8) is 0 Å². The number of benzene rings is 1. The number of hydrogen-bond acceptors (Lipinski definition) is 4. The van der Waals surface area contributed by atoms with Crippen LogP contribution >= 0.6 is 23.2 Å². The molecule has 0 bridgehead atoms. The predicted molar refractivity (Wildman–Crippen MR) is 64.6 cm³/mol. The first-order valence-electron chi connectivity index (χ1n) is 4.63. The highest BCUT2D eigenvalue weighted by Gasteiger charge is 2.13. The molecule has 0 saturated heterocycles. The van der Waals surface area contributed by atoms with Crippen LogP contribution in [0.5, 0.6) is 5.75 Å². The van der Waals surface area contributed by atoms with E-state index >= 15 is 0 Å². The molecule has 1 aromatic carbocycles. The average Bonchev–Trinajstić information content (AvgIpc) is 2.25. The molecule has 0 amide bonds. The summed E-state index contributed by atoms with van der Waals surface area (Å²) >= 11 is 11.8.